The second kappa shape index (κ2) is 6.79. The lowest BCUT2D eigenvalue weighted by Crippen LogP contribution is -2.23. The van der Waals surface area contributed by atoms with Gasteiger partial charge in [0.15, 0.2) is 0 Å². The molecule has 0 unspecified atom stereocenters. The summed E-state index contributed by atoms with van der Waals surface area (Å²) in [6, 6.07) is 5.81. The van der Waals surface area contributed by atoms with Crippen LogP contribution in [0.4, 0.5) is 5.69 Å². The van der Waals surface area contributed by atoms with Crippen molar-refractivity contribution in [3.8, 4) is 0 Å². The number of oxime groups is 1. The summed E-state index contributed by atoms with van der Waals surface area (Å²) in [7, 11) is 0. The number of unbranched alkanes of at least 4 members (excludes halogenated alkanes) is 1. The normalized spacial score (nSPS) is 11.4. The molecule has 0 aromatic heterocycles. The van der Waals surface area contributed by atoms with E-state index < -0.39 is 0 Å². The Morgan fingerprint density at radius 2 is 1.94 bits per heavy atom. The minimum absolute atomic E-state index is 0.180. The van der Waals surface area contributed by atoms with Crippen LogP contribution in [0.1, 0.15) is 37.3 Å². The van der Waals surface area contributed by atoms with Crippen molar-refractivity contribution in [2.24, 2.45) is 5.16 Å². The van der Waals surface area contributed by atoms with Gasteiger partial charge in [0.25, 0.3) is 5.91 Å². The molecule has 18 heavy (non-hydrogen) atoms. The van der Waals surface area contributed by atoms with E-state index in [1.807, 2.05) is 39.0 Å². The molecule has 0 aliphatic carbocycles. The molecule has 0 fully saturated rings. The molecule has 0 heterocycles. The number of nitrogens with one attached hydrogen (secondary N) is 1. The highest BCUT2D eigenvalue weighted by Gasteiger charge is 2.13. The molecule has 0 saturated carbocycles. The van der Waals surface area contributed by atoms with E-state index in [4.69, 9.17) is 5.21 Å². The van der Waals surface area contributed by atoms with Crippen molar-refractivity contribution in [3.05, 3.63) is 29.3 Å². The Bertz CT molecular complexity index is 433. The maximum Gasteiger partial charge on any atom is 0.273 e. The van der Waals surface area contributed by atoms with Gasteiger partial charge in [-0.1, -0.05) is 36.7 Å². The second-order valence-corrected chi connectivity index (χ2v) is 4.37. The van der Waals surface area contributed by atoms with Gasteiger partial charge in [-0.3, -0.25) is 4.79 Å². The molecule has 0 aliphatic heterocycles. The Kier molecular flexibility index (Phi) is 5.36. The molecule has 0 aliphatic rings. The number of anilines is 1. The van der Waals surface area contributed by atoms with Crippen LogP contribution in [0.15, 0.2) is 23.4 Å². The van der Waals surface area contributed by atoms with Crippen LogP contribution in [0.2, 0.25) is 0 Å². The highest BCUT2D eigenvalue weighted by Crippen LogP contribution is 2.19. The lowest BCUT2D eigenvalue weighted by Gasteiger charge is -2.11. The SMILES string of the molecule is CCCCC(=NO)C(=O)Nc1c(C)cccc1C. The molecule has 4 nitrogen and oxygen atoms in total. The maximum absolute atomic E-state index is 12.0. The van der Waals surface area contributed by atoms with Crippen LogP contribution in [-0.4, -0.2) is 16.8 Å². The van der Waals surface area contributed by atoms with E-state index in [1.165, 1.54) is 0 Å². The Balaban J connectivity index is 2.81. The highest BCUT2D eigenvalue weighted by atomic mass is 16.4. The summed E-state index contributed by atoms with van der Waals surface area (Å²) in [5, 5.41) is 14.8. The Morgan fingerprint density at radius 3 is 2.44 bits per heavy atom. The van der Waals surface area contributed by atoms with Crippen molar-refractivity contribution in [3.63, 3.8) is 0 Å². The molecule has 0 spiro atoms. The number of nitrogens with zero attached hydrogens (tertiary/aromatic N) is 1. The molecule has 4 heteroatoms. The molecule has 0 radical (unpaired) electrons. The largest absolute Gasteiger partial charge is 0.410 e. The fourth-order valence-corrected chi connectivity index (χ4v) is 1.75. The summed E-state index contributed by atoms with van der Waals surface area (Å²) >= 11 is 0. The summed E-state index contributed by atoms with van der Waals surface area (Å²) in [5.74, 6) is -0.330. The molecule has 1 rings (SSSR count). The van der Waals surface area contributed by atoms with E-state index in [0.29, 0.717) is 6.42 Å². The predicted molar refractivity (Wildman–Crippen MR) is 73.3 cm³/mol. The van der Waals surface area contributed by atoms with Crippen molar-refractivity contribution < 1.29 is 10.0 Å². The highest BCUT2D eigenvalue weighted by molar-refractivity contribution is 6.43. The first-order valence-corrected chi connectivity index (χ1v) is 6.18. The van der Waals surface area contributed by atoms with Crippen LogP contribution in [0.3, 0.4) is 0 Å². The molecule has 98 valence electrons. The van der Waals surface area contributed by atoms with E-state index in [-0.39, 0.29) is 11.6 Å². The number of carbonyl (C=O) groups is 1. The average Bonchev–Trinajstić information content (AvgIpc) is 2.35. The van der Waals surface area contributed by atoms with E-state index in [1.54, 1.807) is 0 Å². The van der Waals surface area contributed by atoms with Gasteiger partial charge in [0.1, 0.15) is 5.71 Å². The second-order valence-electron chi connectivity index (χ2n) is 4.37. The van der Waals surface area contributed by atoms with Crippen LogP contribution in [0, 0.1) is 13.8 Å². The average molecular weight is 248 g/mol. The number of hydrogen-bond donors (Lipinski definition) is 2. The number of aryl methyl sites for hydroxylation is 2. The van der Waals surface area contributed by atoms with Gasteiger partial charge in [-0.15, -0.1) is 0 Å². The molecule has 0 saturated heterocycles. The summed E-state index contributed by atoms with van der Waals surface area (Å²) < 4.78 is 0. The third-order valence-corrected chi connectivity index (χ3v) is 2.87. The summed E-state index contributed by atoms with van der Waals surface area (Å²) in [6.07, 6.45) is 2.28. The summed E-state index contributed by atoms with van der Waals surface area (Å²) in [4.78, 5) is 12.0. The van der Waals surface area contributed by atoms with Crippen LogP contribution in [0.5, 0.6) is 0 Å². The Labute approximate surface area is 108 Å². The van der Waals surface area contributed by atoms with E-state index in [2.05, 4.69) is 10.5 Å². The standard InChI is InChI=1S/C14H20N2O2/c1-4-5-9-12(16-18)14(17)15-13-10(2)7-6-8-11(13)3/h6-8,18H,4-5,9H2,1-3H3,(H,15,17). The minimum Gasteiger partial charge on any atom is -0.410 e. The molecule has 0 bridgehead atoms. The van der Waals surface area contributed by atoms with Gasteiger partial charge < -0.3 is 10.5 Å². The van der Waals surface area contributed by atoms with Crippen molar-refractivity contribution >= 4 is 17.3 Å². The number of carbonyl (C=O) groups excluding carboxylic acids is 1. The van der Waals surface area contributed by atoms with Gasteiger partial charge in [-0.2, -0.15) is 0 Å². The van der Waals surface area contributed by atoms with E-state index in [0.717, 1.165) is 29.7 Å². The predicted octanol–water partition coefficient (Wildman–Crippen LogP) is 3.26. The minimum atomic E-state index is -0.330. The zero-order valence-corrected chi connectivity index (χ0v) is 11.2. The van der Waals surface area contributed by atoms with Crippen molar-refractivity contribution in [1.29, 1.82) is 0 Å². The van der Waals surface area contributed by atoms with Crippen molar-refractivity contribution in [2.75, 3.05) is 5.32 Å². The quantitative estimate of drug-likeness (QED) is 0.477. The van der Waals surface area contributed by atoms with Gasteiger partial charge in [-0.05, 0) is 37.8 Å². The molecule has 1 amide bonds. The first-order chi connectivity index (χ1) is 8.60. The molecule has 1 aromatic carbocycles. The zero-order chi connectivity index (χ0) is 13.5. The molecule has 1 aromatic rings. The number of rotatable bonds is 5. The fourth-order valence-electron chi connectivity index (χ4n) is 1.75. The van der Waals surface area contributed by atoms with Gasteiger partial charge in [0.05, 0.1) is 0 Å². The first-order valence-electron chi connectivity index (χ1n) is 6.18. The van der Waals surface area contributed by atoms with E-state index in [9.17, 15) is 4.79 Å². The van der Waals surface area contributed by atoms with Gasteiger partial charge in [0.2, 0.25) is 0 Å². The monoisotopic (exact) mass is 248 g/mol. The van der Waals surface area contributed by atoms with Crippen LogP contribution in [-0.2, 0) is 4.79 Å². The molecular weight excluding hydrogens is 228 g/mol. The topological polar surface area (TPSA) is 61.7 Å². The smallest absolute Gasteiger partial charge is 0.273 e. The lowest BCUT2D eigenvalue weighted by molar-refractivity contribution is -0.110. The lowest BCUT2D eigenvalue weighted by atomic mass is 10.1. The third-order valence-electron chi connectivity index (χ3n) is 2.87. The summed E-state index contributed by atoms with van der Waals surface area (Å²) in [6.45, 7) is 5.90. The van der Waals surface area contributed by atoms with Gasteiger partial charge >= 0.3 is 0 Å². The Morgan fingerprint density at radius 1 is 1.33 bits per heavy atom. The van der Waals surface area contributed by atoms with Crippen LogP contribution < -0.4 is 5.32 Å². The fraction of sp³-hybridized carbons (Fsp3) is 0.429. The third kappa shape index (κ3) is 3.58. The van der Waals surface area contributed by atoms with E-state index >= 15 is 0 Å². The van der Waals surface area contributed by atoms with Crippen molar-refractivity contribution in [1.82, 2.24) is 0 Å². The number of para-hydroxylation sites is 1. The maximum atomic E-state index is 12.0. The van der Waals surface area contributed by atoms with Crippen LogP contribution >= 0.6 is 0 Å². The number of hydrogen-bond acceptors (Lipinski definition) is 3. The summed E-state index contributed by atoms with van der Waals surface area (Å²) in [5.41, 5.74) is 2.96. The van der Waals surface area contributed by atoms with Gasteiger partial charge in [-0.25, -0.2) is 0 Å². The van der Waals surface area contributed by atoms with Crippen LogP contribution in [0.25, 0.3) is 0 Å². The molecule has 0 atom stereocenters. The number of benzene rings is 1. The first kappa shape index (κ1) is 14.2. The Hall–Kier alpha value is -1.84. The molecular formula is C14H20N2O2. The van der Waals surface area contributed by atoms with Gasteiger partial charge in [0, 0.05) is 5.69 Å². The number of amides is 1. The van der Waals surface area contributed by atoms with Crippen molar-refractivity contribution in [2.45, 2.75) is 40.0 Å². The zero-order valence-electron chi connectivity index (χ0n) is 11.2. The molecule has 2 N–H and O–H groups in total.